The molecule has 1 aliphatic carbocycles. The van der Waals surface area contributed by atoms with Crippen molar-refractivity contribution in [1.82, 2.24) is 0 Å². The van der Waals surface area contributed by atoms with Gasteiger partial charge in [-0.15, -0.1) is 0 Å². The van der Waals surface area contributed by atoms with E-state index in [0.29, 0.717) is 5.41 Å². The zero-order valence-electron chi connectivity index (χ0n) is 6.55. The van der Waals surface area contributed by atoms with Gasteiger partial charge in [-0.05, 0) is 24.7 Å². The van der Waals surface area contributed by atoms with Gasteiger partial charge in [0.05, 0.1) is 5.92 Å². The number of carboxylic acids is 1. The lowest BCUT2D eigenvalue weighted by Gasteiger charge is -2.10. The highest BCUT2D eigenvalue weighted by Crippen LogP contribution is 2.49. The van der Waals surface area contributed by atoms with Gasteiger partial charge < -0.3 is 5.11 Å². The first-order valence-corrected chi connectivity index (χ1v) is 3.76. The zero-order valence-corrected chi connectivity index (χ0v) is 6.55. The van der Waals surface area contributed by atoms with E-state index in [4.69, 9.17) is 5.11 Å². The highest BCUT2D eigenvalue weighted by atomic mass is 16.4. The van der Waals surface area contributed by atoms with Gasteiger partial charge in [0.15, 0.2) is 0 Å². The van der Waals surface area contributed by atoms with Crippen molar-refractivity contribution in [3.63, 3.8) is 0 Å². The van der Waals surface area contributed by atoms with E-state index in [0.717, 1.165) is 6.42 Å². The average molecular weight is 142 g/mol. The van der Waals surface area contributed by atoms with Gasteiger partial charge in [0, 0.05) is 0 Å². The fourth-order valence-corrected chi connectivity index (χ4v) is 1.24. The van der Waals surface area contributed by atoms with Crippen molar-refractivity contribution < 1.29 is 9.90 Å². The van der Waals surface area contributed by atoms with E-state index >= 15 is 0 Å². The summed E-state index contributed by atoms with van der Waals surface area (Å²) in [6.45, 7) is 3.94. The zero-order chi connectivity index (χ0) is 7.78. The molecule has 0 spiro atoms. The second kappa shape index (κ2) is 2.26. The maximum Gasteiger partial charge on any atom is 0.306 e. The molecule has 2 nitrogen and oxygen atoms in total. The second-order valence-corrected chi connectivity index (χ2v) is 3.75. The molecule has 0 saturated heterocycles. The van der Waals surface area contributed by atoms with Crippen LogP contribution in [0.4, 0.5) is 0 Å². The first kappa shape index (κ1) is 7.58. The van der Waals surface area contributed by atoms with Crippen molar-refractivity contribution >= 4 is 5.97 Å². The maximum atomic E-state index is 10.4. The molecule has 0 aromatic carbocycles. The summed E-state index contributed by atoms with van der Waals surface area (Å²) in [5.74, 6) is -0.819. The molecular weight excluding hydrogens is 128 g/mol. The molecule has 0 heterocycles. The van der Waals surface area contributed by atoms with E-state index in [1.165, 1.54) is 12.8 Å². The molecule has 0 aromatic rings. The molecule has 1 rings (SSSR count). The molecule has 58 valence electrons. The van der Waals surface area contributed by atoms with Crippen LogP contribution in [0.15, 0.2) is 0 Å². The Hall–Kier alpha value is -0.530. The lowest BCUT2D eigenvalue weighted by atomic mass is 9.95. The molecule has 1 N–H and O–H groups in total. The van der Waals surface area contributed by atoms with Crippen LogP contribution in [-0.4, -0.2) is 11.1 Å². The number of carbonyl (C=O) groups is 1. The highest BCUT2D eigenvalue weighted by molar-refractivity contribution is 5.69. The Bertz CT molecular complexity index is 147. The molecule has 0 aliphatic heterocycles. The third-order valence-corrected chi connectivity index (χ3v) is 2.32. The maximum absolute atomic E-state index is 10.4. The number of carboxylic acid groups (broad SMARTS) is 1. The quantitative estimate of drug-likeness (QED) is 0.653. The van der Waals surface area contributed by atoms with Gasteiger partial charge in [-0.25, -0.2) is 0 Å². The monoisotopic (exact) mass is 142 g/mol. The summed E-state index contributed by atoms with van der Waals surface area (Å²) in [7, 11) is 0. The smallest absolute Gasteiger partial charge is 0.306 e. The van der Waals surface area contributed by atoms with Crippen LogP contribution in [0.1, 0.15) is 33.1 Å². The molecule has 0 radical (unpaired) electrons. The Morgan fingerprint density at radius 2 is 2.20 bits per heavy atom. The van der Waals surface area contributed by atoms with Crippen LogP contribution in [0.3, 0.4) is 0 Å². The molecule has 0 amide bonds. The topological polar surface area (TPSA) is 37.3 Å². The standard InChI is InChI=1S/C8H14O2/c1-6(7(9)10)5-8(2)3-4-8/h6H,3-5H2,1-2H3,(H,9,10)/t6-/m1/s1. The molecule has 1 fully saturated rings. The van der Waals surface area contributed by atoms with Gasteiger partial charge in [-0.2, -0.15) is 0 Å². The highest BCUT2D eigenvalue weighted by Gasteiger charge is 2.39. The van der Waals surface area contributed by atoms with E-state index in [9.17, 15) is 4.79 Å². The minimum Gasteiger partial charge on any atom is -0.481 e. The minimum atomic E-state index is -0.659. The van der Waals surface area contributed by atoms with E-state index in [-0.39, 0.29) is 5.92 Å². The van der Waals surface area contributed by atoms with E-state index in [1.807, 2.05) is 0 Å². The predicted molar refractivity (Wildman–Crippen MR) is 38.8 cm³/mol. The van der Waals surface area contributed by atoms with Gasteiger partial charge in [0.2, 0.25) is 0 Å². The summed E-state index contributed by atoms with van der Waals surface area (Å²) in [5, 5.41) is 8.57. The summed E-state index contributed by atoms with van der Waals surface area (Å²) in [5.41, 5.74) is 0.373. The molecule has 0 unspecified atom stereocenters. The van der Waals surface area contributed by atoms with Crippen molar-refractivity contribution in [2.24, 2.45) is 11.3 Å². The average Bonchev–Trinajstić information content (AvgIpc) is 2.47. The predicted octanol–water partition coefficient (Wildman–Crippen LogP) is 1.90. The third-order valence-electron chi connectivity index (χ3n) is 2.32. The van der Waals surface area contributed by atoms with Crippen molar-refractivity contribution in [3.8, 4) is 0 Å². The molecule has 0 aromatic heterocycles. The molecular formula is C8H14O2. The second-order valence-electron chi connectivity index (χ2n) is 3.75. The summed E-state index contributed by atoms with van der Waals surface area (Å²) in [6.07, 6.45) is 3.28. The first-order valence-electron chi connectivity index (χ1n) is 3.76. The van der Waals surface area contributed by atoms with E-state index in [1.54, 1.807) is 6.92 Å². The SMILES string of the molecule is C[C@H](CC1(C)CC1)C(=O)O. The van der Waals surface area contributed by atoms with Crippen LogP contribution in [0.2, 0.25) is 0 Å². The summed E-state index contributed by atoms with van der Waals surface area (Å²) in [6, 6.07) is 0. The largest absolute Gasteiger partial charge is 0.481 e. The van der Waals surface area contributed by atoms with Crippen LogP contribution < -0.4 is 0 Å². The van der Waals surface area contributed by atoms with E-state index < -0.39 is 5.97 Å². The number of hydrogen-bond donors (Lipinski definition) is 1. The molecule has 10 heavy (non-hydrogen) atoms. The van der Waals surface area contributed by atoms with Gasteiger partial charge in [0.25, 0.3) is 0 Å². The van der Waals surface area contributed by atoms with Crippen molar-refractivity contribution in [3.05, 3.63) is 0 Å². The van der Waals surface area contributed by atoms with Gasteiger partial charge in [0.1, 0.15) is 0 Å². The molecule has 2 heteroatoms. The fraction of sp³-hybridized carbons (Fsp3) is 0.875. The lowest BCUT2D eigenvalue weighted by Crippen LogP contribution is -2.13. The van der Waals surface area contributed by atoms with Crippen molar-refractivity contribution in [1.29, 1.82) is 0 Å². The molecule has 0 bridgehead atoms. The third kappa shape index (κ3) is 1.72. The lowest BCUT2D eigenvalue weighted by molar-refractivity contribution is -0.141. The first-order chi connectivity index (χ1) is 4.53. The minimum absolute atomic E-state index is 0.160. The number of hydrogen-bond acceptors (Lipinski definition) is 1. The molecule has 1 saturated carbocycles. The Morgan fingerprint density at radius 3 is 2.50 bits per heavy atom. The Balaban J connectivity index is 2.31. The summed E-state index contributed by atoms with van der Waals surface area (Å²) >= 11 is 0. The number of aliphatic carboxylic acids is 1. The van der Waals surface area contributed by atoms with E-state index in [2.05, 4.69) is 6.92 Å². The fourth-order valence-electron chi connectivity index (χ4n) is 1.24. The molecule has 1 aliphatic rings. The van der Waals surface area contributed by atoms with Crippen LogP contribution in [0.5, 0.6) is 0 Å². The van der Waals surface area contributed by atoms with Crippen molar-refractivity contribution in [2.75, 3.05) is 0 Å². The van der Waals surface area contributed by atoms with Gasteiger partial charge >= 0.3 is 5.97 Å². The molecule has 1 atom stereocenters. The van der Waals surface area contributed by atoms with Crippen LogP contribution in [0, 0.1) is 11.3 Å². The number of rotatable bonds is 3. The van der Waals surface area contributed by atoms with Crippen LogP contribution in [0.25, 0.3) is 0 Å². The normalized spacial score (nSPS) is 23.8. The van der Waals surface area contributed by atoms with Gasteiger partial charge in [-0.1, -0.05) is 13.8 Å². The Morgan fingerprint density at radius 1 is 1.70 bits per heavy atom. The van der Waals surface area contributed by atoms with Gasteiger partial charge in [-0.3, -0.25) is 4.79 Å². The Labute approximate surface area is 61.2 Å². The summed E-state index contributed by atoms with van der Waals surface area (Å²) < 4.78 is 0. The summed E-state index contributed by atoms with van der Waals surface area (Å²) in [4.78, 5) is 10.4. The van der Waals surface area contributed by atoms with Crippen molar-refractivity contribution in [2.45, 2.75) is 33.1 Å². The van der Waals surface area contributed by atoms with Crippen LogP contribution in [-0.2, 0) is 4.79 Å². The Kier molecular flexibility index (Phi) is 1.71. The van der Waals surface area contributed by atoms with Crippen LogP contribution >= 0.6 is 0 Å².